The minimum absolute atomic E-state index is 0.0597. The van der Waals surface area contributed by atoms with Crippen LogP contribution in [0.4, 0.5) is 9.93 Å². The summed E-state index contributed by atoms with van der Waals surface area (Å²) in [5.41, 5.74) is 5.83. The molecule has 0 fully saturated rings. The second kappa shape index (κ2) is 8.14. The number of nitrogens with two attached hydrogens (primary N) is 1. The maximum Gasteiger partial charge on any atom is 0.410 e. The van der Waals surface area contributed by atoms with Gasteiger partial charge in [-0.25, -0.2) is 9.78 Å². The van der Waals surface area contributed by atoms with Gasteiger partial charge in [0.05, 0.1) is 12.2 Å². The van der Waals surface area contributed by atoms with Crippen LogP contribution in [-0.2, 0) is 22.4 Å². The van der Waals surface area contributed by atoms with Crippen LogP contribution in [0.25, 0.3) is 0 Å². The van der Waals surface area contributed by atoms with Gasteiger partial charge in [0.2, 0.25) is 5.91 Å². The molecule has 0 saturated carbocycles. The Bertz CT molecular complexity index is 624. The average molecular weight is 369 g/mol. The molecule has 1 aromatic heterocycles. The smallest absolute Gasteiger partial charge is 0.410 e. The predicted molar refractivity (Wildman–Crippen MR) is 98.8 cm³/mol. The molecule has 0 radical (unpaired) electrons. The van der Waals surface area contributed by atoms with Crippen molar-refractivity contribution >= 4 is 28.5 Å². The Labute approximate surface area is 152 Å². The summed E-state index contributed by atoms with van der Waals surface area (Å²) < 4.78 is 5.57. The lowest BCUT2D eigenvalue weighted by atomic mass is 9.96. The van der Waals surface area contributed by atoms with E-state index in [1.165, 1.54) is 11.3 Å². The lowest BCUT2D eigenvalue weighted by Crippen LogP contribution is -2.46. The van der Waals surface area contributed by atoms with Crippen LogP contribution in [0, 0.1) is 0 Å². The summed E-state index contributed by atoms with van der Waals surface area (Å²) in [4.78, 5) is 31.4. The Balaban J connectivity index is 2.10. The Morgan fingerprint density at radius 3 is 2.76 bits per heavy atom. The van der Waals surface area contributed by atoms with E-state index in [9.17, 15) is 9.59 Å². The Morgan fingerprint density at radius 2 is 2.16 bits per heavy atom. The summed E-state index contributed by atoms with van der Waals surface area (Å²) in [6.07, 6.45) is 3.00. The summed E-state index contributed by atoms with van der Waals surface area (Å²) in [7, 11) is 0. The highest BCUT2D eigenvalue weighted by Crippen LogP contribution is 2.32. The molecule has 7 nitrogen and oxygen atoms in total. The van der Waals surface area contributed by atoms with Crippen LogP contribution in [0.15, 0.2) is 0 Å². The molecule has 0 unspecified atom stereocenters. The molecule has 8 heteroatoms. The number of aromatic nitrogens is 1. The second-order valence-electron chi connectivity index (χ2n) is 7.21. The predicted octanol–water partition coefficient (Wildman–Crippen LogP) is 2.54. The summed E-state index contributed by atoms with van der Waals surface area (Å²) in [6, 6.07) is 0.0980. The van der Waals surface area contributed by atoms with E-state index in [1.807, 2.05) is 25.7 Å². The van der Waals surface area contributed by atoms with Crippen molar-refractivity contribution in [3.05, 3.63) is 10.6 Å². The van der Waals surface area contributed by atoms with Gasteiger partial charge in [-0.3, -0.25) is 4.79 Å². The van der Waals surface area contributed by atoms with E-state index in [1.54, 1.807) is 0 Å². The van der Waals surface area contributed by atoms with E-state index in [2.05, 4.69) is 17.2 Å². The number of hydrogen-bond acceptors (Lipinski definition) is 6. The highest BCUT2D eigenvalue weighted by molar-refractivity contribution is 7.15. The molecule has 1 atom stereocenters. The number of amides is 2. The van der Waals surface area contributed by atoms with Crippen LogP contribution in [0.1, 0.15) is 51.1 Å². The molecule has 1 heterocycles. The number of rotatable bonds is 5. The van der Waals surface area contributed by atoms with Gasteiger partial charge in [-0.15, -0.1) is 11.3 Å². The van der Waals surface area contributed by atoms with Crippen molar-refractivity contribution in [1.82, 2.24) is 9.88 Å². The molecular formula is C17H28N4O3S. The van der Waals surface area contributed by atoms with E-state index >= 15 is 0 Å². The maximum atomic E-state index is 12.6. The van der Waals surface area contributed by atoms with Gasteiger partial charge in [0.25, 0.3) is 0 Å². The van der Waals surface area contributed by atoms with Crippen molar-refractivity contribution in [3.63, 3.8) is 0 Å². The van der Waals surface area contributed by atoms with Crippen molar-refractivity contribution in [3.8, 4) is 0 Å². The lowest BCUT2D eigenvalue weighted by molar-refractivity contribution is -0.114. The Hall–Kier alpha value is -1.67. The largest absolute Gasteiger partial charge is 0.444 e. The van der Waals surface area contributed by atoms with Gasteiger partial charge in [0.15, 0.2) is 5.13 Å². The molecule has 2 amide bonds. The fraction of sp³-hybridized carbons (Fsp3) is 0.706. The number of ether oxygens (including phenoxy) is 1. The molecule has 3 N–H and O–H groups in total. The topological polar surface area (TPSA) is 97.5 Å². The van der Waals surface area contributed by atoms with E-state index in [-0.39, 0.29) is 24.6 Å². The van der Waals surface area contributed by atoms with Gasteiger partial charge in [-0.05, 0) is 40.0 Å². The number of fused-ring (bicyclic) bond motifs is 1. The van der Waals surface area contributed by atoms with Gasteiger partial charge in [0.1, 0.15) is 5.60 Å². The third kappa shape index (κ3) is 5.40. The van der Waals surface area contributed by atoms with Gasteiger partial charge in [-0.1, -0.05) is 6.92 Å². The third-order valence-corrected chi connectivity index (χ3v) is 4.91. The molecule has 1 aliphatic rings. The minimum Gasteiger partial charge on any atom is -0.444 e. The summed E-state index contributed by atoms with van der Waals surface area (Å²) in [5.74, 6) is -0.246. The quantitative estimate of drug-likeness (QED) is 0.832. The van der Waals surface area contributed by atoms with Gasteiger partial charge < -0.3 is 20.7 Å². The standard InChI is InChI=1S/C17H28N4O3S/c1-5-8-21(16(23)24-17(2,3)4)11-6-7-12-13(9-11)25-15(19-12)20-14(22)10-18/h11H,5-10,18H2,1-4H3,(H,19,20,22)/t11-/m0/s1. The number of carbonyl (C=O) groups is 2. The lowest BCUT2D eigenvalue weighted by Gasteiger charge is -2.35. The molecule has 1 aliphatic carbocycles. The fourth-order valence-corrected chi connectivity index (χ4v) is 3.93. The first-order chi connectivity index (χ1) is 11.7. The van der Waals surface area contributed by atoms with Crippen LogP contribution in [0.2, 0.25) is 0 Å². The summed E-state index contributed by atoms with van der Waals surface area (Å²) >= 11 is 1.47. The van der Waals surface area contributed by atoms with Gasteiger partial charge in [-0.2, -0.15) is 0 Å². The molecule has 0 bridgehead atoms. The van der Waals surface area contributed by atoms with Crippen molar-refractivity contribution < 1.29 is 14.3 Å². The number of thiazole rings is 1. The van der Waals surface area contributed by atoms with Gasteiger partial charge in [0, 0.05) is 23.9 Å². The van der Waals surface area contributed by atoms with Crippen molar-refractivity contribution in [1.29, 1.82) is 0 Å². The fourth-order valence-electron chi connectivity index (χ4n) is 2.83. The number of anilines is 1. The normalized spacial score (nSPS) is 16.9. The van der Waals surface area contributed by atoms with Crippen LogP contribution in [0.5, 0.6) is 0 Å². The Kier molecular flexibility index (Phi) is 6.40. The summed E-state index contributed by atoms with van der Waals surface area (Å²) in [6.45, 7) is 8.30. The first kappa shape index (κ1) is 19.7. The molecule has 0 spiro atoms. The monoisotopic (exact) mass is 368 g/mol. The molecule has 0 saturated heterocycles. The average Bonchev–Trinajstić information content (AvgIpc) is 2.91. The van der Waals surface area contributed by atoms with Crippen LogP contribution in [-0.4, -0.2) is 46.6 Å². The zero-order chi connectivity index (χ0) is 18.6. The molecular weight excluding hydrogens is 340 g/mol. The maximum absolute atomic E-state index is 12.6. The van der Waals surface area contributed by atoms with Crippen molar-refractivity contribution in [2.24, 2.45) is 5.73 Å². The zero-order valence-electron chi connectivity index (χ0n) is 15.4. The first-order valence-corrected chi connectivity index (χ1v) is 9.53. The van der Waals surface area contributed by atoms with Crippen LogP contribution in [0.3, 0.4) is 0 Å². The number of nitrogens with one attached hydrogen (secondary N) is 1. The molecule has 1 aromatic rings. The SMILES string of the molecule is CCCN(C(=O)OC(C)(C)C)[C@H]1CCc2nc(NC(=O)CN)sc2C1. The van der Waals surface area contributed by atoms with Crippen molar-refractivity contribution in [2.75, 3.05) is 18.4 Å². The first-order valence-electron chi connectivity index (χ1n) is 8.71. The summed E-state index contributed by atoms with van der Waals surface area (Å²) in [5, 5.41) is 3.29. The van der Waals surface area contributed by atoms with Gasteiger partial charge >= 0.3 is 6.09 Å². The van der Waals surface area contributed by atoms with E-state index < -0.39 is 5.60 Å². The molecule has 2 rings (SSSR count). The number of aryl methyl sites for hydroxylation is 1. The van der Waals surface area contributed by atoms with E-state index in [0.29, 0.717) is 11.7 Å². The second-order valence-corrected chi connectivity index (χ2v) is 8.30. The highest BCUT2D eigenvalue weighted by Gasteiger charge is 2.32. The van der Waals surface area contributed by atoms with E-state index in [0.717, 1.165) is 36.3 Å². The third-order valence-electron chi connectivity index (χ3n) is 3.88. The Morgan fingerprint density at radius 1 is 1.44 bits per heavy atom. The molecule has 140 valence electrons. The molecule has 25 heavy (non-hydrogen) atoms. The zero-order valence-corrected chi connectivity index (χ0v) is 16.2. The number of nitrogens with zero attached hydrogens (tertiary/aromatic N) is 2. The minimum atomic E-state index is -0.507. The number of hydrogen-bond donors (Lipinski definition) is 2. The highest BCUT2D eigenvalue weighted by atomic mass is 32.1. The molecule has 0 aromatic carbocycles. The van der Waals surface area contributed by atoms with Crippen LogP contribution >= 0.6 is 11.3 Å². The van der Waals surface area contributed by atoms with E-state index in [4.69, 9.17) is 10.5 Å². The number of carbonyl (C=O) groups excluding carboxylic acids is 2. The van der Waals surface area contributed by atoms with Crippen LogP contribution < -0.4 is 11.1 Å². The molecule has 0 aliphatic heterocycles. The van der Waals surface area contributed by atoms with Crippen molar-refractivity contribution in [2.45, 2.75) is 65.0 Å².